The Morgan fingerprint density at radius 3 is 2.20 bits per heavy atom. The number of esters is 1. The molecule has 6 N–H and O–H groups in total. The predicted molar refractivity (Wildman–Crippen MR) is 259 cm³/mol. The standard InChI is InChI=1S/C47H54Cl3N9O10/c1-3-4-5-6-7-8-9-10-11-12-21-69-44(67)30-15-18-34(48)35(26-30)52-41(62)39(40(61)29-13-16-33(68-2)17-14-29)58-27-51-46(57-58)54-38(60)20-19-37-53-45-47(49,50)36(55-59(45)56-37)24-28-22-31(42(63)64)25-32(23-28)43(65)66/h13-18,22-23,25-27,39,42,45,63-64H,3-12,19-21,24H2,1-2H3,(H,52,62)(H,53,56)(H,65,66)(H,54,57,60). The maximum atomic E-state index is 14.1. The monoisotopic (exact) mass is 1010 g/mol. The highest BCUT2D eigenvalue weighted by Gasteiger charge is 2.52. The first-order valence-corrected chi connectivity index (χ1v) is 23.7. The van der Waals surface area contributed by atoms with Crippen LogP contribution in [0.1, 0.15) is 139 Å². The summed E-state index contributed by atoms with van der Waals surface area (Å²) in [6, 6.07) is 12.6. The van der Waals surface area contributed by atoms with Crippen LogP contribution in [-0.2, 0) is 20.7 Å². The van der Waals surface area contributed by atoms with Gasteiger partial charge in [0.2, 0.25) is 16.2 Å². The molecule has 2 atom stereocenters. The molecule has 0 saturated carbocycles. The van der Waals surface area contributed by atoms with Crippen molar-refractivity contribution in [2.24, 2.45) is 10.1 Å². The minimum atomic E-state index is -1.91. The number of carboxylic acids is 1. The molecule has 2 amide bonds. The largest absolute Gasteiger partial charge is 0.497 e. The number of aromatic carboxylic acids is 1. The first kappa shape index (κ1) is 52.3. The first-order chi connectivity index (χ1) is 33.1. The van der Waals surface area contributed by atoms with Gasteiger partial charge in [0.05, 0.1) is 41.3 Å². The van der Waals surface area contributed by atoms with Gasteiger partial charge in [-0.15, -0.1) is 5.10 Å². The van der Waals surface area contributed by atoms with Crippen LogP contribution in [0.3, 0.4) is 0 Å². The Labute approximate surface area is 413 Å². The molecule has 69 heavy (non-hydrogen) atoms. The van der Waals surface area contributed by atoms with Gasteiger partial charge in [0.25, 0.3) is 5.91 Å². The lowest BCUT2D eigenvalue weighted by molar-refractivity contribution is -0.118. The number of halogens is 3. The zero-order chi connectivity index (χ0) is 49.7. The summed E-state index contributed by atoms with van der Waals surface area (Å²) >= 11 is 19.9. The fourth-order valence-electron chi connectivity index (χ4n) is 7.58. The number of alkyl halides is 2. The lowest BCUT2D eigenvalue weighted by Crippen LogP contribution is -2.41. The Bertz CT molecular complexity index is 2550. The van der Waals surface area contributed by atoms with Crippen LogP contribution in [-0.4, -0.2) is 101 Å². The van der Waals surface area contributed by atoms with Crippen LogP contribution < -0.4 is 20.8 Å². The average Bonchev–Trinajstić information content (AvgIpc) is 4.02. The number of unbranched alkanes of at least 4 members (excludes halogenated alkanes) is 9. The van der Waals surface area contributed by atoms with Crippen molar-refractivity contribution in [1.29, 1.82) is 0 Å². The molecule has 22 heteroatoms. The molecule has 0 aliphatic carbocycles. The molecule has 1 aromatic heterocycles. The number of nitrogens with one attached hydrogen (secondary N) is 3. The van der Waals surface area contributed by atoms with Gasteiger partial charge in [-0.25, -0.2) is 24.2 Å². The molecule has 0 saturated heterocycles. The van der Waals surface area contributed by atoms with Gasteiger partial charge in [-0.2, -0.15) is 10.2 Å². The van der Waals surface area contributed by atoms with E-state index in [4.69, 9.17) is 44.3 Å². The van der Waals surface area contributed by atoms with Crippen LogP contribution in [0.4, 0.5) is 11.6 Å². The van der Waals surface area contributed by atoms with E-state index in [1.165, 1.54) is 93.2 Å². The van der Waals surface area contributed by atoms with Crippen LogP contribution in [0.5, 0.6) is 5.75 Å². The Hall–Kier alpha value is -6.12. The van der Waals surface area contributed by atoms with Crippen molar-refractivity contribution in [1.82, 2.24) is 25.3 Å². The molecule has 3 heterocycles. The number of hydrogen-bond acceptors (Lipinski definition) is 15. The number of benzene rings is 3. The number of carbonyl (C=O) groups excluding carboxylic acids is 4. The fourth-order valence-corrected chi connectivity index (χ4v) is 8.24. The summed E-state index contributed by atoms with van der Waals surface area (Å²) in [7, 11) is 1.47. The van der Waals surface area contributed by atoms with Gasteiger partial charge < -0.3 is 30.1 Å². The van der Waals surface area contributed by atoms with E-state index in [1.54, 1.807) is 12.1 Å². The number of hydrogen-bond donors (Lipinski definition) is 6. The lowest BCUT2D eigenvalue weighted by Gasteiger charge is -2.20. The molecule has 0 fully saturated rings. The summed E-state index contributed by atoms with van der Waals surface area (Å²) in [6.07, 6.45) is 9.51. The molecule has 0 bridgehead atoms. The van der Waals surface area contributed by atoms with E-state index in [9.17, 15) is 39.3 Å². The van der Waals surface area contributed by atoms with Crippen LogP contribution in [0.25, 0.3) is 0 Å². The number of aliphatic hydroxyl groups excluding tert-OH is 1. The third-order valence-corrected chi connectivity index (χ3v) is 12.5. The second-order valence-electron chi connectivity index (χ2n) is 16.5. The number of ketones is 1. The maximum Gasteiger partial charge on any atom is 0.338 e. The first-order valence-electron chi connectivity index (χ1n) is 22.6. The van der Waals surface area contributed by atoms with Gasteiger partial charge in [-0.3, -0.25) is 25.1 Å². The number of Topliss-reactive ketones (excluding diaryl/α,β-unsaturated/α-hetero) is 1. The third-order valence-electron chi connectivity index (χ3n) is 11.3. The van der Waals surface area contributed by atoms with Crippen molar-refractivity contribution in [2.75, 3.05) is 24.4 Å². The van der Waals surface area contributed by atoms with Crippen molar-refractivity contribution in [3.63, 3.8) is 0 Å². The highest BCUT2D eigenvalue weighted by atomic mass is 35.5. The second-order valence-corrected chi connectivity index (χ2v) is 18.3. The Kier molecular flexibility index (Phi) is 18.5. The molecule has 6 rings (SSSR count). The normalized spacial score (nSPS) is 15.2. The van der Waals surface area contributed by atoms with Gasteiger partial charge in [0.15, 0.2) is 24.3 Å². The van der Waals surface area contributed by atoms with Crippen molar-refractivity contribution in [3.05, 3.63) is 99.8 Å². The number of amides is 2. The fraction of sp³-hybridized carbons (Fsp3) is 0.426. The molecule has 19 nitrogen and oxygen atoms in total. The summed E-state index contributed by atoms with van der Waals surface area (Å²) < 4.78 is 10.0. The molecule has 4 aromatic rings. The molecule has 2 aliphatic rings. The molecule has 2 unspecified atom stereocenters. The molecule has 368 valence electrons. The van der Waals surface area contributed by atoms with Gasteiger partial charge in [-0.1, -0.05) is 106 Å². The third kappa shape index (κ3) is 14.0. The number of nitrogens with zero attached hydrogens (tertiary/aromatic N) is 6. The number of hydrazine groups is 1. The lowest BCUT2D eigenvalue weighted by atomic mass is 9.99. The average molecular weight is 1010 g/mol. The number of aromatic nitrogens is 3. The number of rotatable bonds is 26. The number of ether oxygens (including phenoxy) is 2. The minimum absolute atomic E-state index is 0.0393. The SMILES string of the molecule is CCCCCCCCCCCCOC(=O)c1ccc(Cl)c(NC(=O)C(C(=O)c2ccc(OC)cc2)n2cnc(NC(=O)CCC3=NC4N(N=C(Cc5cc(C(=O)O)cc(C(O)O)c5)C4(Cl)Cl)N3)n2)c1. The van der Waals surface area contributed by atoms with Crippen LogP contribution in [0.2, 0.25) is 5.02 Å². The van der Waals surface area contributed by atoms with Crippen molar-refractivity contribution in [3.8, 4) is 5.75 Å². The van der Waals surface area contributed by atoms with Gasteiger partial charge in [-0.05, 0) is 66.6 Å². The number of fused-ring (bicyclic) bond motifs is 1. The van der Waals surface area contributed by atoms with Gasteiger partial charge in [0, 0.05) is 30.4 Å². The zero-order valence-electron chi connectivity index (χ0n) is 38.0. The van der Waals surface area contributed by atoms with E-state index < -0.39 is 52.4 Å². The number of carboxylic acid groups (broad SMARTS) is 1. The number of aliphatic imine (C=N–C) groups is 1. The maximum absolute atomic E-state index is 14.1. The molecule has 0 spiro atoms. The smallest absolute Gasteiger partial charge is 0.338 e. The summed E-state index contributed by atoms with van der Waals surface area (Å²) in [4.78, 5) is 74.5. The topological polar surface area (TPSA) is 259 Å². The summed E-state index contributed by atoms with van der Waals surface area (Å²) in [6.45, 7) is 2.45. The van der Waals surface area contributed by atoms with Crippen LogP contribution >= 0.6 is 34.8 Å². The highest BCUT2D eigenvalue weighted by molar-refractivity contribution is 6.60. The van der Waals surface area contributed by atoms with E-state index in [0.29, 0.717) is 17.1 Å². The second kappa shape index (κ2) is 24.4. The van der Waals surface area contributed by atoms with Crippen LogP contribution in [0, 0.1) is 0 Å². The predicted octanol–water partition coefficient (Wildman–Crippen LogP) is 7.81. The van der Waals surface area contributed by atoms with E-state index >= 15 is 0 Å². The van der Waals surface area contributed by atoms with E-state index in [-0.39, 0.29) is 70.5 Å². The Morgan fingerprint density at radius 2 is 1.55 bits per heavy atom. The number of amidine groups is 1. The van der Waals surface area contributed by atoms with Crippen molar-refractivity contribution in [2.45, 2.75) is 113 Å². The molecule has 2 aliphatic heterocycles. The van der Waals surface area contributed by atoms with Crippen molar-refractivity contribution >= 4 is 87.5 Å². The highest BCUT2D eigenvalue weighted by Crippen LogP contribution is 2.40. The number of carbonyl (C=O) groups is 5. The Morgan fingerprint density at radius 1 is 0.870 bits per heavy atom. The van der Waals surface area contributed by atoms with Crippen LogP contribution in [0.15, 0.2) is 77.1 Å². The van der Waals surface area contributed by atoms with E-state index in [2.05, 4.69) is 43.2 Å². The van der Waals surface area contributed by atoms with Gasteiger partial charge in [0.1, 0.15) is 17.9 Å². The molecule has 0 radical (unpaired) electrons. The molecular weight excluding hydrogens is 957 g/mol. The van der Waals surface area contributed by atoms with Gasteiger partial charge >= 0.3 is 11.9 Å². The quantitative estimate of drug-likeness (QED) is 0.00876. The Balaban J connectivity index is 1.06. The van der Waals surface area contributed by atoms with E-state index in [0.717, 1.165) is 42.8 Å². The van der Waals surface area contributed by atoms with Crippen molar-refractivity contribution < 1.29 is 48.8 Å². The summed E-state index contributed by atoms with van der Waals surface area (Å²) in [5.41, 5.74) is 3.62. The van der Waals surface area contributed by atoms with E-state index in [1.807, 2.05) is 0 Å². The number of anilines is 2. The summed E-state index contributed by atoms with van der Waals surface area (Å²) in [5, 5.41) is 44.1. The minimum Gasteiger partial charge on any atom is -0.497 e. The number of aliphatic hydroxyl groups is 2. The number of hydrazone groups is 1. The number of methoxy groups -OCH3 is 1. The zero-order valence-corrected chi connectivity index (χ0v) is 40.3. The molecule has 3 aromatic carbocycles. The summed E-state index contributed by atoms with van der Waals surface area (Å²) in [5.74, 6) is -3.40. The molecular formula is C47H54Cl3N9O10.